The van der Waals surface area contributed by atoms with Gasteiger partial charge in [-0.25, -0.2) is 0 Å². The summed E-state index contributed by atoms with van der Waals surface area (Å²) in [6, 6.07) is 5.03. The topological polar surface area (TPSA) is 21.3 Å². The van der Waals surface area contributed by atoms with E-state index in [2.05, 4.69) is 59.0 Å². The minimum Gasteiger partial charge on any atom is -0.489 e. The lowest BCUT2D eigenvalue weighted by Crippen LogP contribution is -2.64. The van der Waals surface area contributed by atoms with Gasteiger partial charge in [-0.15, -0.1) is 0 Å². The van der Waals surface area contributed by atoms with Gasteiger partial charge in [0.1, 0.15) is 11.9 Å². The fourth-order valence-electron chi connectivity index (χ4n) is 3.92. The second kappa shape index (κ2) is 6.39. The van der Waals surface area contributed by atoms with E-state index < -0.39 is 0 Å². The molecule has 0 bridgehead atoms. The van der Waals surface area contributed by atoms with Crippen molar-refractivity contribution in [3.8, 4) is 5.75 Å². The van der Waals surface area contributed by atoms with Gasteiger partial charge in [0.05, 0.1) is 0 Å². The highest BCUT2D eigenvalue weighted by molar-refractivity contribution is 5.42. The normalized spacial score (nSPS) is 23.7. The highest BCUT2D eigenvalue weighted by Gasteiger charge is 2.53. The van der Waals surface area contributed by atoms with Gasteiger partial charge in [0.25, 0.3) is 0 Å². The molecule has 21 heavy (non-hydrogen) atoms. The average Bonchev–Trinajstić information content (AvgIpc) is 2.44. The van der Waals surface area contributed by atoms with Gasteiger partial charge in [0.15, 0.2) is 0 Å². The summed E-state index contributed by atoms with van der Waals surface area (Å²) >= 11 is 0. The zero-order valence-corrected chi connectivity index (χ0v) is 14.5. The molecule has 0 amide bonds. The summed E-state index contributed by atoms with van der Waals surface area (Å²) in [7, 11) is 0. The van der Waals surface area contributed by atoms with Crippen molar-refractivity contribution in [1.82, 2.24) is 5.32 Å². The van der Waals surface area contributed by atoms with E-state index in [0.717, 1.165) is 18.7 Å². The summed E-state index contributed by atoms with van der Waals surface area (Å²) in [5, 5.41) is 3.65. The number of benzene rings is 1. The van der Waals surface area contributed by atoms with Crippen molar-refractivity contribution in [3.05, 3.63) is 28.8 Å². The van der Waals surface area contributed by atoms with Crippen LogP contribution in [0.25, 0.3) is 0 Å². The van der Waals surface area contributed by atoms with E-state index in [9.17, 15) is 0 Å². The van der Waals surface area contributed by atoms with E-state index >= 15 is 0 Å². The van der Waals surface area contributed by atoms with Gasteiger partial charge in [0, 0.05) is 17.9 Å². The molecule has 0 aromatic heterocycles. The molecule has 2 heteroatoms. The van der Waals surface area contributed by atoms with Gasteiger partial charge in [-0.3, -0.25) is 0 Å². The first-order valence-corrected chi connectivity index (χ1v) is 8.46. The maximum Gasteiger partial charge on any atom is 0.123 e. The molecule has 2 nitrogen and oxygen atoms in total. The average molecular weight is 289 g/mol. The number of nitrogens with one attached hydrogen (secondary N) is 1. The second-order valence-electron chi connectivity index (χ2n) is 6.60. The Kier molecular flexibility index (Phi) is 4.98. The minimum atomic E-state index is 0.292. The first-order chi connectivity index (χ1) is 9.98. The monoisotopic (exact) mass is 289 g/mol. The van der Waals surface area contributed by atoms with E-state index in [1.165, 1.54) is 29.5 Å². The maximum absolute atomic E-state index is 6.48. The highest BCUT2D eigenvalue weighted by Crippen LogP contribution is 2.49. The lowest BCUT2D eigenvalue weighted by atomic mass is 9.58. The summed E-state index contributed by atoms with van der Waals surface area (Å²) in [6.07, 6.45) is 3.82. The van der Waals surface area contributed by atoms with Crippen LogP contribution >= 0.6 is 0 Å². The van der Waals surface area contributed by atoms with Crippen LogP contribution in [0.4, 0.5) is 0 Å². The van der Waals surface area contributed by atoms with Crippen molar-refractivity contribution >= 4 is 0 Å². The van der Waals surface area contributed by atoms with Gasteiger partial charge in [-0.2, -0.15) is 0 Å². The SMILES string of the molecule is CCNC1CC(Oc2cc(C)cc(C)c2C)C1(CC)CC. The van der Waals surface area contributed by atoms with E-state index in [0.29, 0.717) is 17.6 Å². The zero-order chi connectivity index (χ0) is 15.6. The van der Waals surface area contributed by atoms with E-state index in [-0.39, 0.29) is 0 Å². The first-order valence-electron chi connectivity index (χ1n) is 8.46. The van der Waals surface area contributed by atoms with Crippen LogP contribution in [0.15, 0.2) is 12.1 Å². The summed E-state index contributed by atoms with van der Waals surface area (Å²) in [6.45, 7) is 14.3. The molecule has 1 aromatic carbocycles. The molecule has 2 atom stereocenters. The largest absolute Gasteiger partial charge is 0.489 e. The van der Waals surface area contributed by atoms with Gasteiger partial charge >= 0.3 is 0 Å². The lowest BCUT2D eigenvalue weighted by Gasteiger charge is -2.55. The van der Waals surface area contributed by atoms with Gasteiger partial charge in [-0.1, -0.05) is 26.8 Å². The van der Waals surface area contributed by atoms with Crippen molar-refractivity contribution in [3.63, 3.8) is 0 Å². The van der Waals surface area contributed by atoms with Crippen LogP contribution in [0, 0.1) is 26.2 Å². The quantitative estimate of drug-likeness (QED) is 0.829. The summed E-state index contributed by atoms with van der Waals surface area (Å²) < 4.78 is 6.48. The van der Waals surface area contributed by atoms with Crippen molar-refractivity contribution in [2.45, 2.75) is 73.0 Å². The molecule has 2 rings (SSSR count). The van der Waals surface area contributed by atoms with Crippen LogP contribution in [0.3, 0.4) is 0 Å². The summed E-state index contributed by atoms with van der Waals surface area (Å²) in [4.78, 5) is 0. The Morgan fingerprint density at radius 3 is 2.38 bits per heavy atom. The molecule has 0 aliphatic heterocycles. The van der Waals surface area contributed by atoms with Crippen LogP contribution in [0.2, 0.25) is 0 Å². The fraction of sp³-hybridized carbons (Fsp3) is 0.684. The number of rotatable bonds is 6. The molecule has 1 aliphatic carbocycles. The molecule has 0 radical (unpaired) electrons. The second-order valence-corrected chi connectivity index (χ2v) is 6.60. The molecular weight excluding hydrogens is 258 g/mol. The van der Waals surface area contributed by atoms with Crippen LogP contribution in [0.1, 0.15) is 56.7 Å². The Bertz CT molecular complexity index is 491. The van der Waals surface area contributed by atoms with Crippen molar-refractivity contribution in [1.29, 1.82) is 0 Å². The number of hydrogen-bond acceptors (Lipinski definition) is 2. The lowest BCUT2D eigenvalue weighted by molar-refractivity contribution is -0.0857. The maximum atomic E-state index is 6.48. The minimum absolute atomic E-state index is 0.292. The summed E-state index contributed by atoms with van der Waals surface area (Å²) in [5.41, 5.74) is 4.19. The third kappa shape index (κ3) is 2.83. The Balaban J connectivity index is 2.20. The van der Waals surface area contributed by atoms with Gasteiger partial charge in [0.2, 0.25) is 0 Å². The van der Waals surface area contributed by atoms with E-state index in [1.54, 1.807) is 0 Å². The molecule has 1 aliphatic rings. The van der Waals surface area contributed by atoms with Crippen molar-refractivity contribution < 1.29 is 4.74 Å². The fourth-order valence-corrected chi connectivity index (χ4v) is 3.92. The molecule has 0 saturated heterocycles. The third-order valence-corrected chi connectivity index (χ3v) is 5.59. The Hall–Kier alpha value is -1.02. The molecule has 2 unspecified atom stereocenters. The highest BCUT2D eigenvalue weighted by atomic mass is 16.5. The molecule has 0 heterocycles. The predicted molar refractivity (Wildman–Crippen MR) is 90.2 cm³/mol. The van der Waals surface area contributed by atoms with Crippen LogP contribution in [0.5, 0.6) is 5.75 Å². The molecule has 118 valence electrons. The smallest absolute Gasteiger partial charge is 0.123 e. The molecule has 1 saturated carbocycles. The van der Waals surface area contributed by atoms with Crippen LogP contribution < -0.4 is 10.1 Å². The van der Waals surface area contributed by atoms with Crippen LogP contribution in [-0.4, -0.2) is 18.7 Å². The molecule has 1 N–H and O–H groups in total. The molecular formula is C19H31NO. The standard InChI is InChI=1S/C19H31NO/c1-7-19(8-2)17(20-9-3)12-18(19)21-16-11-13(4)10-14(5)15(16)6/h10-11,17-18,20H,7-9,12H2,1-6H3. The molecule has 1 aromatic rings. The van der Waals surface area contributed by atoms with Gasteiger partial charge in [-0.05, 0) is 62.9 Å². The van der Waals surface area contributed by atoms with Gasteiger partial charge < -0.3 is 10.1 Å². The molecule has 0 spiro atoms. The number of ether oxygens (including phenoxy) is 1. The van der Waals surface area contributed by atoms with Crippen LogP contribution in [-0.2, 0) is 0 Å². The molecule has 1 fully saturated rings. The number of hydrogen-bond donors (Lipinski definition) is 1. The first kappa shape index (κ1) is 16.4. The summed E-state index contributed by atoms with van der Waals surface area (Å²) in [5.74, 6) is 1.08. The Labute approximate surface area is 130 Å². The van der Waals surface area contributed by atoms with E-state index in [4.69, 9.17) is 4.74 Å². The Morgan fingerprint density at radius 2 is 1.81 bits per heavy atom. The van der Waals surface area contributed by atoms with Crippen molar-refractivity contribution in [2.75, 3.05) is 6.54 Å². The van der Waals surface area contributed by atoms with E-state index in [1.807, 2.05) is 0 Å². The third-order valence-electron chi connectivity index (χ3n) is 5.59. The predicted octanol–water partition coefficient (Wildman–Crippen LogP) is 4.55. The van der Waals surface area contributed by atoms with Crippen molar-refractivity contribution in [2.24, 2.45) is 5.41 Å². The zero-order valence-electron chi connectivity index (χ0n) is 14.5. The number of aryl methyl sites for hydroxylation is 2. The Morgan fingerprint density at radius 1 is 1.14 bits per heavy atom.